The van der Waals surface area contributed by atoms with Gasteiger partial charge in [-0.15, -0.1) is 6.58 Å². The molecule has 1 aromatic heterocycles. The highest BCUT2D eigenvalue weighted by Gasteiger charge is 2.52. The van der Waals surface area contributed by atoms with Crippen LogP contribution < -0.4 is 0 Å². The third-order valence-electron chi connectivity index (χ3n) is 12.5. The van der Waals surface area contributed by atoms with Crippen LogP contribution in [0.5, 0.6) is 0 Å². The van der Waals surface area contributed by atoms with E-state index in [0.717, 1.165) is 16.6 Å². The van der Waals surface area contributed by atoms with Gasteiger partial charge in [0.2, 0.25) is 0 Å². The summed E-state index contributed by atoms with van der Waals surface area (Å²) >= 11 is 0. The molecule has 0 aliphatic carbocycles. The largest absolute Gasteiger partial charge is 0.459 e. The molecule has 318 valence electrons. The molecular formula is C45H69N3O9. The molecule has 12 heteroatoms. The fraction of sp³-hybridized carbons (Fsp3) is 0.689. The number of hydrogen-bond acceptors (Lipinski definition) is 12. The zero-order valence-electron chi connectivity index (χ0n) is 35.8. The van der Waals surface area contributed by atoms with Crippen LogP contribution in [0.1, 0.15) is 80.3 Å². The lowest BCUT2D eigenvalue weighted by molar-refractivity contribution is -0.300. The molecule has 0 amide bonds. The molecule has 2 bridgehead atoms. The number of likely N-dealkylation sites (N-methyl/N-ethyl adjacent to an activating group) is 1. The van der Waals surface area contributed by atoms with E-state index in [9.17, 15) is 20.1 Å². The molecule has 57 heavy (non-hydrogen) atoms. The predicted molar refractivity (Wildman–Crippen MR) is 221 cm³/mol. The lowest BCUT2D eigenvalue weighted by atomic mass is 9.77. The second kappa shape index (κ2) is 19.1. The molecule has 3 aliphatic heterocycles. The Bertz CT molecular complexity index is 1670. The highest BCUT2D eigenvalue weighted by atomic mass is 16.7. The van der Waals surface area contributed by atoms with Gasteiger partial charge in [0, 0.05) is 36.5 Å². The lowest BCUT2D eigenvalue weighted by Crippen LogP contribution is -2.65. The maximum Gasteiger partial charge on any atom is 0.311 e. The van der Waals surface area contributed by atoms with Gasteiger partial charge in [0.15, 0.2) is 6.29 Å². The number of carbonyl (C=O) groups excluding carboxylic acids is 1. The molecule has 3 fully saturated rings. The van der Waals surface area contributed by atoms with Crippen LogP contribution in [-0.4, -0.2) is 142 Å². The zero-order chi connectivity index (χ0) is 41.8. The van der Waals surface area contributed by atoms with Gasteiger partial charge in [0.05, 0.1) is 53.8 Å². The fourth-order valence-electron chi connectivity index (χ4n) is 9.47. The van der Waals surface area contributed by atoms with Crippen LogP contribution in [0.15, 0.2) is 55.1 Å². The monoisotopic (exact) mass is 796 g/mol. The van der Waals surface area contributed by atoms with Crippen molar-refractivity contribution in [2.24, 2.45) is 17.8 Å². The molecule has 0 saturated carbocycles. The summed E-state index contributed by atoms with van der Waals surface area (Å²) in [6.07, 6.45) is 0.735. The summed E-state index contributed by atoms with van der Waals surface area (Å²) in [5, 5.41) is 37.5. The first-order valence-electron chi connectivity index (χ1n) is 20.8. The summed E-state index contributed by atoms with van der Waals surface area (Å²) in [6, 6.07) is 11.4. The lowest BCUT2D eigenvalue weighted by Gasteiger charge is -2.50. The minimum atomic E-state index is -1.55. The molecule has 1 aromatic carbocycles. The number of pyridine rings is 1. The molecular weight excluding hydrogens is 727 g/mol. The van der Waals surface area contributed by atoms with Crippen molar-refractivity contribution in [1.29, 1.82) is 0 Å². The van der Waals surface area contributed by atoms with Crippen molar-refractivity contribution in [3.8, 4) is 0 Å². The molecule has 12 nitrogen and oxygen atoms in total. The maximum atomic E-state index is 14.4. The minimum absolute atomic E-state index is 0.0558. The fourth-order valence-corrected chi connectivity index (χ4v) is 9.47. The van der Waals surface area contributed by atoms with E-state index in [-0.39, 0.29) is 36.8 Å². The minimum Gasteiger partial charge on any atom is -0.459 e. The molecule has 5 rings (SSSR count). The zero-order valence-corrected chi connectivity index (χ0v) is 35.8. The number of aromatic nitrogens is 1. The Morgan fingerprint density at radius 1 is 1.05 bits per heavy atom. The number of ether oxygens (including phenoxy) is 5. The van der Waals surface area contributed by atoms with Gasteiger partial charge in [0.1, 0.15) is 23.9 Å². The predicted octanol–water partition coefficient (Wildman–Crippen LogP) is 5.22. The number of para-hydroxylation sites is 1. The van der Waals surface area contributed by atoms with Gasteiger partial charge in [-0.1, -0.05) is 57.2 Å². The van der Waals surface area contributed by atoms with E-state index in [4.69, 9.17) is 28.7 Å². The number of nitrogens with zero attached hydrogens (tertiary/aromatic N) is 3. The van der Waals surface area contributed by atoms with E-state index in [1.165, 1.54) is 0 Å². The Labute approximate surface area is 340 Å². The third-order valence-corrected chi connectivity index (χ3v) is 12.5. The highest BCUT2D eigenvalue weighted by Crippen LogP contribution is 2.39. The Balaban J connectivity index is 1.54. The summed E-state index contributed by atoms with van der Waals surface area (Å²) in [5.41, 5.74) is -1.38. The average molecular weight is 796 g/mol. The van der Waals surface area contributed by atoms with Crippen LogP contribution in [0.25, 0.3) is 17.0 Å². The maximum absolute atomic E-state index is 14.4. The molecule has 3 N–H and O–H groups in total. The van der Waals surface area contributed by atoms with Crippen molar-refractivity contribution in [2.45, 2.75) is 147 Å². The quantitative estimate of drug-likeness (QED) is 0.226. The van der Waals surface area contributed by atoms with Crippen molar-refractivity contribution in [1.82, 2.24) is 14.8 Å². The van der Waals surface area contributed by atoms with Crippen molar-refractivity contribution >= 4 is 22.9 Å². The number of carbonyl (C=O) groups is 1. The van der Waals surface area contributed by atoms with Gasteiger partial charge >= 0.3 is 5.97 Å². The number of morpholine rings is 1. The first-order valence-corrected chi connectivity index (χ1v) is 20.8. The Hall–Kier alpha value is -2.78. The number of hydrogen-bond donors (Lipinski definition) is 3. The molecule has 0 spiro atoms. The molecule has 0 radical (unpaired) electrons. The summed E-state index contributed by atoms with van der Waals surface area (Å²) in [6.45, 7) is 20.3. The van der Waals surface area contributed by atoms with E-state index in [1.54, 1.807) is 26.8 Å². The second-order valence-corrected chi connectivity index (χ2v) is 17.7. The number of cyclic esters (lactones) is 1. The van der Waals surface area contributed by atoms with Crippen LogP contribution in [0, 0.1) is 17.8 Å². The van der Waals surface area contributed by atoms with Gasteiger partial charge in [-0.2, -0.15) is 0 Å². The number of fused-ring (bicyclic) bond motifs is 3. The average Bonchev–Trinajstić information content (AvgIpc) is 3.16. The van der Waals surface area contributed by atoms with E-state index < -0.39 is 65.8 Å². The molecule has 3 aliphatic rings. The van der Waals surface area contributed by atoms with Gasteiger partial charge in [-0.05, 0) is 92.1 Å². The first-order chi connectivity index (χ1) is 26.9. The van der Waals surface area contributed by atoms with Crippen LogP contribution in [-0.2, 0) is 28.5 Å². The first kappa shape index (κ1) is 45.3. The van der Waals surface area contributed by atoms with Crippen molar-refractivity contribution in [2.75, 3.05) is 33.8 Å². The van der Waals surface area contributed by atoms with Crippen molar-refractivity contribution in [3.05, 3.63) is 60.8 Å². The van der Waals surface area contributed by atoms with E-state index in [2.05, 4.69) is 18.4 Å². The number of rotatable bonds is 9. The second-order valence-electron chi connectivity index (χ2n) is 17.7. The van der Waals surface area contributed by atoms with E-state index >= 15 is 0 Å². The van der Waals surface area contributed by atoms with Crippen LogP contribution in [0.3, 0.4) is 0 Å². The SMILES string of the molecule is C=CC1CN2C[C@H](C)C[C@@](C)(O)[C@H](O[C@H]3O[C@H](C)C[C@H](N(C)C)[C@H]3O)[C@@H](C)[C@H](OC/C=C/c3ccc4ccccc4n3)[C@@H](C)C(=O)O[C@H](CC)[C@@](C)(O)[C@@H](O1)[C@H]2C. The van der Waals surface area contributed by atoms with Crippen molar-refractivity contribution < 1.29 is 43.8 Å². The van der Waals surface area contributed by atoms with Gasteiger partial charge in [-0.3, -0.25) is 9.69 Å². The summed E-state index contributed by atoms with van der Waals surface area (Å²) in [5.74, 6) is -2.10. The van der Waals surface area contributed by atoms with E-state index in [1.807, 2.05) is 95.2 Å². The standard InChI is InChI=1S/C45H69N3O9/c1-12-34-26-48-25-27(3)24-44(8,51)40(57-43-38(49)36(47(10)11)23-28(4)54-43)29(5)39(53-22-16-18-33-21-20-32-17-14-15-19-35(32)46-33)30(6)42(50)56-37(13-2)45(9,52)41(55-34)31(48)7/h12,14-21,27-31,34,36-41,43,49,51-52H,1,13,22-26H2,2-11H3/b18-16+/t27-,28-,29+,30-,31-,34?,36+,37-,38-,39+,40-,41+,43-,44-,45-/m1/s1. The topological polar surface area (TPSA) is 143 Å². The number of esters is 1. The number of benzene rings is 1. The number of aliphatic hydroxyl groups excluding tert-OH is 1. The van der Waals surface area contributed by atoms with Crippen LogP contribution in [0.4, 0.5) is 0 Å². The Morgan fingerprint density at radius 2 is 1.77 bits per heavy atom. The summed E-state index contributed by atoms with van der Waals surface area (Å²) in [4.78, 5) is 23.3. The molecule has 2 aromatic rings. The Kier molecular flexibility index (Phi) is 15.2. The molecule has 2 unspecified atom stereocenters. The summed E-state index contributed by atoms with van der Waals surface area (Å²) in [7, 11) is 3.83. The van der Waals surface area contributed by atoms with Crippen LogP contribution in [0.2, 0.25) is 0 Å². The van der Waals surface area contributed by atoms with Gasteiger partial charge < -0.3 is 43.9 Å². The molecule has 16 atom stereocenters. The highest BCUT2D eigenvalue weighted by molar-refractivity contribution is 5.79. The molecule has 3 saturated heterocycles. The van der Waals surface area contributed by atoms with Gasteiger partial charge in [-0.25, -0.2) is 4.98 Å². The van der Waals surface area contributed by atoms with Gasteiger partial charge in [0.25, 0.3) is 0 Å². The Morgan fingerprint density at radius 3 is 2.46 bits per heavy atom. The third kappa shape index (κ3) is 10.5. The molecule has 4 heterocycles. The van der Waals surface area contributed by atoms with Crippen LogP contribution >= 0.6 is 0 Å². The van der Waals surface area contributed by atoms with Crippen molar-refractivity contribution in [3.63, 3.8) is 0 Å². The normalized spacial score (nSPS) is 41.4. The number of aliphatic hydroxyl groups is 3. The smallest absolute Gasteiger partial charge is 0.311 e. The summed E-state index contributed by atoms with van der Waals surface area (Å²) < 4.78 is 32.4. The van der Waals surface area contributed by atoms with E-state index in [0.29, 0.717) is 32.4 Å².